The Morgan fingerprint density at radius 2 is 1.08 bits per heavy atom. The first-order valence-corrected chi connectivity index (χ1v) is 33.5. The largest absolute Gasteiger partial charge is 2.00 e. The molecule has 0 spiro atoms. The van der Waals surface area contributed by atoms with E-state index in [0.29, 0.717) is 23.2 Å². The molecule has 0 atom stereocenters. The van der Waals surface area contributed by atoms with Crippen molar-refractivity contribution in [3.63, 3.8) is 0 Å². The Morgan fingerprint density at radius 3 is 1.27 bits per heavy atom. The van der Waals surface area contributed by atoms with E-state index < -0.39 is 23.8 Å². The second kappa shape index (κ2) is 39.5. The zero-order valence-corrected chi connectivity index (χ0v) is 56.0. The molecule has 0 saturated heterocycles. The number of halogens is 5. The van der Waals surface area contributed by atoms with Crippen molar-refractivity contribution in [2.45, 2.75) is 176 Å². The molecule has 2 aromatic carbocycles. The molecule has 6 nitrogen and oxygen atoms in total. The van der Waals surface area contributed by atoms with Crippen LogP contribution in [0.5, 0.6) is 5.88 Å². The molecular weight excluding hydrogens is 1070 g/mol. The van der Waals surface area contributed by atoms with Gasteiger partial charge in [0.1, 0.15) is 0 Å². The van der Waals surface area contributed by atoms with Crippen LogP contribution in [0.2, 0.25) is 60.9 Å². The summed E-state index contributed by atoms with van der Waals surface area (Å²) in [5.74, 6) is 2.20. The van der Waals surface area contributed by atoms with Gasteiger partial charge in [-0.1, -0.05) is 203 Å². The summed E-state index contributed by atoms with van der Waals surface area (Å²) in [6.45, 7) is 50.6. The Hall–Kier alpha value is 0.690. The van der Waals surface area contributed by atoms with Crippen LogP contribution in [0.15, 0.2) is 90.0 Å². The predicted molar refractivity (Wildman–Crippen MR) is 303 cm³/mol. The van der Waals surface area contributed by atoms with Crippen molar-refractivity contribution >= 4 is 134 Å². The van der Waals surface area contributed by atoms with Gasteiger partial charge in [0.05, 0.1) is 14.3 Å². The van der Waals surface area contributed by atoms with E-state index in [9.17, 15) is 4.79 Å². The summed E-state index contributed by atoms with van der Waals surface area (Å²) in [6, 6.07) is 24.5. The first-order valence-electron chi connectivity index (χ1n) is 20.3. The third kappa shape index (κ3) is 48.9. The van der Waals surface area contributed by atoms with Crippen LogP contribution < -0.4 is 32.2 Å². The normalized spacial score (nSPS) is 10.8. The molecule has 0 fully saturated rings. The number of hydrogen-bond donors (Lipinski definition) is 3. The quantitative estimate of drug-likeness (QED) is 0.0827. The fraction of sp³-hybridized carbons (Fsp3) is 0.587. The number of nitrogens with one attached hydrogen (secondary N) is 3. The van der Waals surface area contributed by atoms with Gasteiger partial charge in [0.2, 0.25) is 0 Å². The second-order valence-corrected chi connectivity index (χ2v) is 41.3. The van der Waals surface area contributed by atoms with Crippen LogP contribution in [0.4, 0.5) is 0 Å². The fourth-order valence-electron chi connectivity index (χ4n) is 2.82. The van der Waals surface area contributed by atoms with E-state index in [1.54, 1.807) is 17.6 Å². The molecule has 0 bridgehead atoms. The van der Waals surface area contributed by atoms with Gasteiger partial charge in [-0.2, -0.15) is 48.0 Å². The minimum Gasteiger partial charge on any atom is -1.00 e. The molecule has 0 amide bonds. The summed E-state index contributed by atoms with van der Waals surface area (Å²) < 4.78 is 6.24. The Kier molecular flexibility index (Phi) is 50.6. The first-order chi connectivity index (χ1) is 26.4. The molecular formula is C46H89Br2Cl3Mg2N4O2Si4. The van der Waals surface area contributed by atoms with Crippen LogP contribution >= 0.6 is 50.5 Å². The summed E-state index contributed by atoms with van der Waals surface area (Å²) in [4.78, 5) is 9.98. The molecule has 360 valence electrons. The first kappa shape index (κ1) is 80.7. The van der Waals surface area contributed by atoms with Crippen LogP contribution in [-0.4, -0.2) is 103 Å². The van der Waals surface area contributed by atoms with Gasteiger partial charge in [-0.3, -0.25) is 9.89 Å². The fourth-order valence-corrected chi connectivity index (χ4v) is 5.68. The van der Waals surface area contributed by atoms with E-state index in [1.807, 2.05) is 30.8 Å². The molecule has 4 rings (SSSR count). The van der Waals surface area contributed by atoms with E-state index >= 15 is 0 Å². The van der Waals surface area contributed by atoms with Crippen molar-refractivity contribution in [2.24, 2.45) is 0 Å². The van der Waals surface area contributed by atoms with Crippen LogP contribution in [0, 0.1) is 12.8 Å². The number of aromatic nitrogens is 4. The van der Waals surface area contributed by atoms with Gasteiger partial charge in [0.15, 0.2) is 22.1 Å². The molecule has 17 heteroatoms. The van der Waals surface area contributed by atoms with Gasteiger partial charge in [0.25, 0.3) is 13.9 Å². The number of alkyl halides is 1. The molecule has 0 aliphatic carbocycles. The summed E-state index contributed by atoms with van der Waals surface area (Å²) in [5.41, 5.74) is 1.23. The summed E-state index contributed by atoms with van der Waals surface area (Å²) in [5, 5.41) is 14.1. The van der Waals surface area contributed by atoms with E-state index in [2.05, 4.69) is 229 Å². The zero-order chi connectivity index (χ0) is 47.5. The maximum atomic E-state index is 9.98. The van der Waals surface area contributed by atoms with Gasteiger partial charge >= 0.3 is 46.1 Å². The van der Waals surface area contributed by atoms with E-state index in [4.69, 9.17) is 26.6 Å². The van der Waals surface area contributed by atoms with Crippen molar-refractivity contribution in [3.8, 4) is 5.88 Å². The smallest absolute Gasteiger partial charge is 1.00 e. The third-order valence-electron chi connectivity index (χ3n) is 9.25. The van der Waals surface area contributed by atoms with Gasteiger partial charge in [-0.05, 0) is 35.1 Å². The minimum atomic E-state index is -1.68. The number of H-pyrrole nitrogens is 3. The Balaban J connectivity index is -0.0000000683. The average Bonchev–Trinajstić information content (AvgIpc) is 3.74. The maximum Gasteiger partial charge on any atom is 2.00 e. The SMILES string of the molecule is CC(C)(C)Br.CC(C)(C)[Si](C)(C)Cl.CC(C)(C)[Si](C)(C)Oc1ccn[nH]1.CC(C)(C)[Si](C)(C)c1ccccc1.C[C-](C)C.C[Si]Cl.Cc1ccccc1.Cl.O=c1cc[nH][nH]1.[Br-].[H-].[H-].[Mg+2].[Mg+2]. The minimum absolute atomic E-state index is 0. The molecule has 0 aliphatic heterocycles. The molecule has 0 aliphatic rings. The monoisotopic (exact) mass is 1150 g/mol. The Labute approximate surface area is 463 Å². The number of rotatable bonds is 3. The maximum absolute atomic E-state index is 9.98. The Bertz CT molecular complexity index is 1580. The molecule has 2 radical (unpaired) electrons. The summed E-state index contributed by atoms with van der Waals surface area (Å²) in [6.07, 6.45) is 3.25. The van der Waals surface area contributed by atoms with Crippen LogP contribution in [0.25, 0.3) is 0 Å². The molecule has 0 unspecified atom stereocenters. The number of hydrogen-bond acceptors (Lipinski definition) is 3. The van der Waals surface area contributed by atoms with Crippen molar-refractivity contribution in [2.75, 3.05) is 0 Å². The van der Waals surface area contributed by atoms with Crippen molar-refractivity contribution in [1.29, 1.82) is 0 Å². The van der Waals surface area contributed by atoms with E-state index in [-0.39, 0.29) is 88.9 Å². The number of benzene rings is 2. The summed E-state index contributed by atoms with van der Waals surface area (Å²) in [7, 11) is -3.79. The molecule has 3 N–H and O–H groups in total. The average molecular weight is 1160 g/mol. The van der Waals surface area contributed by atoms with Gasteiger partial charge < -0.3 is 35.3 Å². The Morgan fingerprint density at radius 1 is 0.730 bits per heavy atom. The number of aryl methyl sites for hydroxylation is 1. The van der Waals surface area contributed by atoms with Gasteiger partial charge in [-0.25, -0.2) is 5.10 Å². The standard InChI is InChI=1S/C12H20Si.C9H18N2OSi.C7H8.C6H15ClSi.C4H9Br.C4H9.C3H4N2O.CH3ClSi.BrH.ClH.2Mg.2H/c1-12(2,3)13(4,5)11-9-7-6-8-10-11;1-9(2,3)13(4,5)12-8-6-7-10-11-8;1-7-5-3-2-4-6-7;1-6(2,3)8(4,5)7;1-4(2,3)5;1-4(2)3;6-3-1-2-4-5-3;1-3-2;;;;;;/h6-10H,1-5H3;6-7H,1-5H3,(H,10,11);2-6H,1H3;1-5H3;1-3H3;1-3H3;1-2H,(H2,4,5,6);1H3;2*1H;;;;/q;;;;;-1;;;;;2*+2;2*-1/p-1. The summed E-state index contributed by atoms with van der Waals surface area (Å²) >= 11 is 14.5. The zero-order valence-electron chi connectivity index (χ0n) is 45.7. The van der Waals surface area contributed by atoms with Crippen molar-refractivity contribution < 1.29 is 24.3 Å². The van der Waals surface area contributed by atoms with Crippen LogP contribution in [0.1, 0.15) is 112 Å². The van der Waals surface area contributed by atoms with E-state index in [1.165, 1.54) is 17.5 Å². The third-order valence-corrected chi connectivity index (χ3v) is 24.4. The molecule has 63 heavy (non-hydrogen) atoms. The second-order valence-electron chi connectivity index (χ2n) is 20.1. The topological polar surface area (TPSA) is 86.6 Å². The van der Waals surface area contributed by atoms with Crippen molar-refractivity contribution in [1.82, 2.24) is 20.4 Å². The van der Waals surface area contributed by atoms with Crippen molar-refractivity contribution in [3.05, 3.63) is 107 Å². The molecule has 2 aromatic heterocycles. The van der Waals surface area contributed by atoms with Crippen LogP contribution in [0.3, 0.4) is 0 Å². The predicted octanol–water partition coefficient (Wildman–Crippen LogP) is 12.7. The van der Waals surface area contributed by atoms with E-state index in [0.717, 1.165) is 5.88 Å². The molecule has 2 heterocycles. The van der Waals surface area contributed by atoms with Gasteiger partial charge in [0, 0.05) is 22.7 Å². The van der Waals surface area contributed by atoms with Crippen LogP contribution in [-0.2, 0) is 0 Å². The van der Waals surface area contributed by atoms with Gasteiger partial charge in [-0.15, -0.1) is 12.4 Å². The number of nitrogens with zero attached hydrogens (tertiary/aromatic N) is 1. The molecule has 4 aromatic rings. The molecule has 0 saturated carbocycles. The number of aromatic amines is 3.